The molecule has 0 amide bonds. The molecule has 2 aromatic heterocycles. The van der Waals surface area contributed by atoms with Crippen LogP contribution in [0.15, 0.2) is 22.7 Å². The minimum absolute atomic E-state index is 0.169. The number of anilines is 1. The van der Waals surface area contributed by atoms with E-state index in [2.05, 4.69) is 21.2 Å². The van der Waals surface area contributed by atoms with Crippen molar-refractivity contribution in [3.63, 3.8) is 0 Å². The first-order chi connectivity index (χ1) is 9.63. The van der Waals surface area contributed by atoms with Gasteiger partial charge in [-0.3, -0.25) is 4.98 Å². The van der Waals surface area contributed by atoms with Crippen LogP contribution in [0.2, 0.25) is 0 Å². The van der Waals surface area contributed by atoms with Crippen molar-refractivity contribution in [1.29, 1.82) is 0 Å². The molecule has 20 heavy (non-hydrogen) atoms. The Morgan fingerprint density at radius 2 is 2.20 bits per heavy atom. The fraction of sp³-hybridized carbons (Fsp3) is 0.462. The Morgan fingerprint density at radius 3 is 2.85 bits per heavy atom. The van der Waals surface area contributed by atoms with Crippen molar-refractivity contribution < 1.29 is 13.2 Å². The molecule has 106 valence electrons. The molecule has 3 heterocycles. The first kappa shape index (κ1) is 13.0. The van der Waals surface area contributed by atoms with Gasteiger partial charge < -0.3 is 9.32 Å². The van der Waals surface area contributed by atoms with Gasteiger partial charge in [0.25, 0.3) is 5.89 Å². The molecule has 1 aliphatic heterocycles. The van der Waals surface area contributed by atoms with Gasteiger partial charge in [-0.2, -0.15) is 8.78 Å². The molecule has 2 aromatic rings. The average molecular weight is 280 g/mol. The predicted octanol–water partition coefficient (Wildman–Crippen LogP) is 2.70. The summed E-state index contributed by atoms with van der Waals surface area (Å²) in [5.74, 6) is -0.314. The number of hydrogen-bond acceptors (Lipinski definition) is 5. The Labute approximate surface area is 114 Å². The van der Waals surface area contributed by atoms with E-state index in [1.54, 1.807) is 0 Å². The third kappa shape index (κ3) is 2.48. The number of aromatic nitrogens is 3. The Morgan fingerprint density at radius 1 is 1.35 bits per heavy atom. The quantitative estimate of drug-likeness (QED) is 0.865. The number of halogens is 2. The molecule has 0 bridgehead atoms. The van der Waals surface area contributed by atoms with Crippen molar-refractivity contribution in [2.75, 3.05) is 18.0 Å². The van der Waals surface area contributed by atoms with Gasteiger partial charge in [-0.05, 0) is 25.0 Å². The minimum atomic E-state index is -2.73. The van der Waals surface area contributed by atoms with Crippen molar-refractivity contribution >= 4 is 6.01 Å². The number of pyridine rings is 1. The third-order valence-electron chi connectivity index (χ3n) is 3.48. The second-order valence-electron chi connectivity index (χ2n) is 4.89. The minimum Gasteiger partial charge on any atom is -0.402 e. The van der Waals surface area contributed by atoms with E-state index in [1.807, 2.05) is 24.1 Å². The number of hydrogen-bond donors (Lipinski definition) is 0. The van der Waals surface area contributed by atoms with Crippen LogP contribution in [-0.2, 0) is 0 Å². The van der Waals surface area contributed by atoms with Gasteiger partial charge in [0.15, 0.2) is 0 Å². The van der Waals surface area contributed by atoms with Gasteiger partial charge in [0, 0.05) is 30.9 Å². The monoisotopic (exact) mass is 280 g/mol. The highest BCUT2D eigenvalue weighted by atomic mass is 19.3. The Bertz CT molecular complexity index is 584. The Kier molecular flexibility index (Phi) is 3.33. The van der Waals surface area contributed by atoms with E-state index in [4.69, 9.17) is 4.42 Å². The smallest absolute Gasteiger partial charge is 0.318 e. The van der Waals surface area contributed by atoms with Crippen LogP contribution in [0, 0.1) is 6.92 Å². The predicted molar refractivity (Wildman–Crippen MR) is 67.8 cm³/mol. The lowest BCUT2D eigenvalue weighted by atomic mass is 10.0. The number of alkyl halides is 2. The zero-order valence-corrected chi connectivity index (χ0v) is 11.0. The summed E-state index contributed by atoms with van der Waals surface area (Å²) in [6.45, 7) is 3.33. The molecule has 1 aliphatic rings. The van der Waals surface area contributed by atoms with Gasteiger partial charge in [-0.25, -0.2) is 0 Å². The zero-order chi connectivity index (χ0) is 14.1. The second-order valence-corrected chi connectivity index (χ2v) is 4.89. The average Bonchev–Trinajstić information content (AvgIpc) is 3.08. The molecule has 0 spiro atoms. The van der Waals surface area contributed by atoms with Crippen LogP contribution in [0.5, 0.6) is 0 Å². The summed E-state index contributed by atoms with van der Waals surface area (Å²) < 4.78 is 29.8. The fourth-order valence-corrected chi connectivity index (χ4v) is 2.37. The number of nitrogens with zero attached hydrogens (tertiary/aromatic N) is 4. The van der Waals surface area contributed by atoms with Crippen LogP contribution in [0.4, 0.5) is 14.8 Å². The summed E-state index contributed by atoms with van der Waals surface area (Å²) in [4.78, 5) is 6.12. The van der Waals surface area contributed by atoms with Crippen molar-refractivity contribution in [2.24, 2.45) is 0 Å². The van der Waals surface area contributed by atoms with Gasteiger partial charge >= 0.3 is 12.4 Å². The molecule has 0 aliphatic carbocycles. The summed E-state index contributed by atoms with van der Waals surface area (Å²) in [7, 11) is 0. The molecule has 5 nitrogen and oxygen atoms in total. The standard InChI is InChI=1S/C13H14F2N4O/c1-8-2-3-9(6-16-8)10-4-5-19(7-10)13-18-17-12(20-13)11(14)15/h2-3,6,10-11H,4-5,7H2,1H3. The summed E-state index contributed by atoms with van der Waals surface area (Å²) in [6.07, 6.45) is 0.0508. The van der Waals surface area contributed by atoms with E-state index in [-0.39, 0.29) is 6.01 Å². The summed E-state index contributed by atoms with van der Waals surface area (Å²) >= 11 is 0. The number of aryl methyl sites for hydroxylation is 1. The Hall–Kier alpha value is -2.05. The third-order valence-corrected chi connectivity index (χ3v) is 3.48. The van der Waals surface area contributed by atoms with Gasteiger partial charge in [0.2, 0.25) is 0 Å². The lowest BCUT2D eigenvalue weighted by Crippen LogP contribution is -2.19. The molecule has 1 atom stereocenters. The molecule has 1 fully saturated rings. The van der Waals surface area contributed by atoms with Crippen molar-refractivity contribution in [3.05, 3.63) is 35.5 Å². The van der Waals surface area contributed by atoms with E-state index in [0.717, 1.165) is 17.7 Å². The SMILES string of the molecule is Cc1ccc(C2CCN(c3nnc(C(F)F)o3)C2)cn1. The summed E-state index contributed by atoms with van der Waals surface area (Å²) in [5, 5.41) is 7.02. The largest absolute Gasteiger partial charge is 0.402 e. The van der Waals surface area contributed by atoms with Crippen molar-refractivity contribution in [1.82, 2.24) is 15.2 Å². The molecule has 7 heteroatoms. The Balaban J connectivity index is 1.71. The van der Waals surface area contributed by atoms with Gasteiger partial charge in [0.1, 0.15) is 0 Å². The van der Waals surface area contributed by atoms with Crippen LogP contribution in [0.25, 0.3) is 0 Å². The van der Waals surface area contributed by atoms with E-state index in [1.165, 1.54) is 0 Å². The molecule has 0 aromatic carbocycles. The highest BCUT2D eigenvalue weighted by molar-refractivity contribution is 5.31. The van der Waals surface area contributed by atoms with Gasteiger partial charge in [0.05, 0.1) is 0 Å². The van der Waals surface area contributed by atoms with Gasteiger partial charge in [-0.15, -0.1) is 5.10 Å². The molecule has 0 N–H and O–H groups in total. The molecule has 0 saturated carbocycles. The lowest BCUT2D eigenvalue weighted by molar-refractivity contribution is 0.115. The highest BCUT2D eigenvalue weighted by Crippen LogP contribution is 2.30. The van der Waals surface area contributed by atoms with E-state index < -0.39 is 12.3 Å². The fourth-order valence-electron chi connectivity index (χ4n) is 2.37. The van der Waals surface area contributed by atoms with Crippen LogP contribution >= 0.6 is 0 Å². The number of rotatable bonds is 3. The normalized spacial score (nSPS) is 19.0. The molecule has 1 saturated heterocycles. The van der Waals surface area contributed by atoms with Crippen LogP contribution in [0.1, 0.15) is 35.9 Å². The maximum atomic E-state index is 12.4. The van der Waals surface area contributed by atoms with E-state index >= 15 is 0 Å². The lowest BCUT2D eigenvalue weighted by Gasteiger charge is -2.13. The summed E-state index contributed by atoms with van der Waals surface area (Å²) in [6, 6.07) is 4.19. The van der Waals surface area contributed by atoms with Crippen LogP contribution in [-0.4, -0.2) is 28.3 Å². The zero-order valence-electron chi connectivity index (χ0n) is 11.0. The second kappa shape index (κ2) is 5.15. The molecular weight excluding hydrogens is 266 g/mol. The first-order valence-corrected chi connectivity index (χ1v) is 6.42. The van der Waals surface area contributed by atoms with Crippen LogP contribution in [0.3, 0.4) is 0 Å². The molecule has 3 rings (SSSR count). The molecule has 0 radical (unpaired) electrons. The highest BCUT2D eigenvalue weighted by Gasteiger charge is 2.28. The van der Waals surface area contributed by atoms with E-state index in [0.29, 0.717) is 19.0 Å². The summed E-state index contributed by atoms with van der Waals surface area (Å²) in [5.41, 5.74) is 2.12. The topological polar surface area (TPSA) is 55.1 Å². The van der Waals surface area contributed by atoms with E-state index in [9.17, 15) is 8.78 Å². The molecular formula is C13H14F2N4O. The van der Waals surface area contributed by atoms with Crippen molar-refractivity contribution in [3.8, 4) is 0 Å². The maximum absolute atomic E-state index is 12.4. The first-order valence-electron chi connectivity index (χ1n) is 6.42. The van der Waals surface area contributed by atoms with Gasteiger partial charge in [-0.1, -0.05) is 11.2 Å². The van der Waals surface area contributed by atoms with Crippen molar-refractivity contribution in [2.45, 2.75) is 25.7 Å². The van der Waals surface area contributed by atoms with Crippen LogP contribution < -0.4 is 4.90 Å². The maximum Gasteiger partial charge on any atom is 0.318 e. The molecule has 1 unspecified atom stereocenters.